The van der Waals surface area contributed by atoms with Gasteiger partial charge in [-0.15, -0.1) is 0 Å². The molecule has 0 spiro atoms. The van der Waals surface area contributed by atoms with Gasteiger partial charge in [0.1, 0.15) is 11.5 Å². The van der Waals surface area contributed by atoms with Crippen LogP contribution in [-0.2, 0) is 6.42 Å². The maximum absolute atomic E-state index is 12.6. The zero-order valence-electron chi connectivity index (χ0n) is 12.0. The highest BCUT2D eigenvalue weighted by molar-refractivity contribution is 6.06. The number of fused-ring (bicyclic) bond motifs is 1. The minimum atomic E-state index is -0.0902. The van der Waals surface area contributed by atoms with Crippen LogP contribution in [0, 0.1) is 0 Å². The third kappa shape index (κ3) is 2.72. The maximum atomic E-state index is 12.6. The van der Waals surface area contributed by atoms with Gasteiger partial charge >= 0.3 is 0 Å². The van der Waals surface area contributed by atoms with Crippen LogP contribution in [-0.4, -0.2) is 29.0 Å². The number of amides is 1. The predicted octanol–water partition coefficient (Wildman–Crippen LogP) is 2.50. The summed E-state index contributed by atoms with van der Waals surface area (Å²) in [6, 6.07) is 8.00. The average molecular weight is 282 g/mol. The number of carbonyl (C=O) groups is 1. The molecule has 0 radical (unpaired) electrons. The molecule has 0 aliphatic carbocycles. The smallest absolute Gasteiger partial charge is 0.278 e. The number of benzene rings is 1. The van der Waals surface area contributed by atoms with Gasteiger partial charge in [0.25, 0.3) is 5.91 Å². The third-order valence-corrected chi connectivity index (χ3v) is 3.54. The molecule has 3 rings (SSSR count). The molecular weight excluding hydrogens is 264 g/mol. The van der Waals surface area contributed by atoms with Crippen molar-refractivity contribution in [1.29, 1.82) is 0 Å². The predicted molar refractivity (Wildman–Crippen MR) is 82.6 cm³/mol. The first-order valence-electron chi connectivity index (χ1n) is 7.25. The Kier molecular flexibility index (Phi) is 3.81. The first-order valence-corrected chi connectivity index (χ1v) is 7.25. The first-order chi connectivity index (χ1) is 10.3. The molecule has 108 valence electrons. The molecule has 0 fully saturated rings. The van der Waals surface area contributed by atoms with E-state index >= 15 is 0 Å². The second-order valence-corrected chi connectivity index (χ2v) is 5.05. The Labute approximate surface area is 124 Å². The number of aromatic nitrogens is 2. The van der Waals surface area contributed by atoms with Crippen molar-refractivity contribution in [3.8, 4) is 0 Å². The molecule has 21 heavy (non-hydrogen) atoms. The van der Waals surface area contributed by atoms with E-state index in [9.17, 15) is 4.79 Å². The van der Waals surface area contributed by atoms with Gasteiger partial charge in [0.15, 0.2) is 0 Å². The number of hydrogen-bond acceptors (Lipinski definition) is 4. The Morgan fingerprint density at radius 2 is 2.19 bits per heavy atom. The summed E-state index contributed by atoms with van der Waals surface area (Å²) in [4.78, 5) is 22.9. The van der Waals surface area contributed by atoms with E-state index in [0.717, 1.165) is 25.1 Å². The van der Waals surface area contributed by atoms with Crippen LogP contribution in [0.2, 0.25) is 0 Å². The average Bonchev–Trinajstić information content (AvgIpc) is 2.96. The van der Waals surface area contributed by atoms with Crippen LogP contribution in [0.5, 0.6) is 0 Å². The lowest BCUT2D eigenvalue weighted by Gasteiger charge is -2.17. The molecule has 1 amide bonds. The highest BCUT2D eigenvalue weighted by Crippen LogP contribution is 2.28. The van der Waals surface area contributed by atoms with Crippen LogP contribution in [0.3, 0.4) is 0 Å². The van der Waals surface area contributed by atoms with Gasteiger partial charge < -0.3 is 10.2 Å². The van der Waals surface area contributed by atoms with E-state index in [0.29, 0.717) is 18.1 Å². The molecule has 1 aromatic heterocycles. The van der Waals surface area contributed by atoms with Gasteiger partial charge in [0.05, 0.1) is 12.4 Å². The Balaban J connectivity index is 1.83. The molecule has 1 aliphatic rings. The van der Waals surface area contributed by atoms with Crippen molar-refractivity contribution in [3.05, 3.63) is 47.9 Å². The van der Waals surface area contributed by atoms with E-state index in [1.165, 1.54) is 11.8 Å². The van der Waals surface area contributed by atoms with E-state index in [1.54, 1.807) is 11.1 Å². The van der Waals surface area contributed by atoms with Crippen molar-refractivity contribution in [1.82, 2.24) is 9.97 Å². The van der Waals surface area contributed by atoms with E-state index in [-0.39, 0.29) is 5.91 Å². The standard InChI is InChI=1S/C16H18N4O/c1-2-8-18-15-11-17-10-13(19-15)16(21)20-9-7-12-5-3-4-6-14(12)20/h3-6,10-11H,2,7-9H2,1H3,(H,18,19). The number of anilines is 2. The number of para-hydroxylation sites is 1. The molecule has 1 N–H and O–H groups in total. The lowest BCUT2D eigenvalue weighted by molar-refractivity contribution is 0.0984. The van der Waals surface area contributed by atoms with E-state index < -0.39 is 0 Å². The lowest BCUT2D eigenvalue weighted by atomic mass is 10.2. The Morgan fingerprint density at radius 3 is 3.05 bits per heavy atom. The quantitative estimate of drug-likeness (QED) is 0.936. The summed E-state index contributed by atoms with van der Waals surface area (Å²) >= 11 is 0. The molecule has 5 nitrogen and oxygen atoms in total. The summed E-state index contributed by atoms with van der Waals surface area (Å²) in [6.07, 6.45) is 5.06. The van der Waals surface area contributed by atoms with Crippen molar-refractivity contribution < 1.29 is 4.79 Å². The van der Waals surface area contributed by atoms with Crippen molar-refractivity contribution in [2.24, 2.45) is 0 Å². The van der Waals surface area contributed by atoms with Crippen molar-refractivity contribution in [3.63, 3.8) is 0 Å². The summed E-state index contributed by atoms with van der Waals surface area (Å²) in [5, 5.41) is 3.15. The van der Waals surface area contributed by atoms with E-state index in [4.69, 9.17) is 0 Å². The monoisotopic (exact) mass is 282 g/mol. The fourth-order valence-corrected chi connectivity index (χ4v) is 2.49. The van der Waals surface area contributed by atoms with Crippen LogP contribution in [0.15, 0.2) is 36.7 Å². The van der Waals surface area contributed by atoms with Crippen molar-refractivity contribution >= 4 is 17.4 Å². The summed E-state index contributed by atoms with van der Waals surface area (Å²) in [5.74, 6) is 0.558. The van der Waals surface area contributed by atoms with Crippen LogP contribution in [0.4, 0.5) is 11.5 Å². The Hall–Kier alpha value is -2.43. The van der Waals surface area contributed by atoms with Crippen LogP contribution in [0.25, 0.3) is 0 Å². The summed E-state index contributed by atoms with van der Waals surface area (Å²) in [5.41, 5.74) is 2.57. The zero-order chi connectivity index (χ0) is 14.7. The molecule has 0 bridgehead atoms. The molecule has 0 unspecified atom stereocenters. The first kappa shape index (κ1) is 13.5. The fourth-order valence-electron chi connectivity index (χ4n) is 2.49. The van der Waals surface area contributed by atoms with E-state index in [2.05, 4.69) is 28.3 Å². The lowest BCUT2D eigenvalue weighted by Crippen LogP contribution is -2.30. The SMILES string of the molecule is CCCNc1cncc(C(=O)N2CCc3ccccc32)n1. The number of nitrogens with one attached hydrogen (secondary N) is 1. The minimum Gasteiger partial charge on any atom is -0.369 e. The maximum Gasteiger partial charge on any atom is 0.278 e. The Morgan fingerprint density at radius 1 is 1.33 bits per heavy atom. The molecule has 0 atom stereocenters. The minimum absolute atomic E-state index is 0.0902. The van der Waals surface area contributed by atoms with Crippen molar-refractivity contribution in [2.75, 3.05) is 23.3 Å². The van der Waals surface area contributed by atoms with Gasteiger partial charge in [-0.05, 0) is 24.5 Å². The molecule has 0 saturated carbocycles. The number of nitrogens with zero attached hydrogens (tertiary/aromatic N) is 3. The molecule has 1 aromatic carbocycles. The van der Waals surface area contributed by atoms with Crippen LogP contribution < -0.4 is 10.2 Å². The topological polar surface area (TPSA) is 58.1 Å². The number of rotatable bonds is 4. The highest BCUT2D eigenvalue weighted by atomic mass is 16.2. The Bertz CT molecular complexity index is 656. The van der Waals surface area contributed by atoms with Gasteiger partial charge in [-0.2, -0.15) is 0 Å². The zero-order valence-corrected chi connectivity index (χ0v) is 12.0. The molecule has 0 saturated heterocycles. The normalized spacial score (nSPS) is 13.1. The van der Waals surface area contributed by atoms with Crippen molar-refractivity contribution in [2.45, 2.75) is 19.8 Å². The second-order valence-electron chi connectivity index (χ2n) is 5.05. The summed E-state index contributed by atoms with van der Waals surface area (Å²) in [6.45, 7) is 3.60. The molecule has 5 heteroatoms. The van der Waals surface area contributed by atoms with Gasteiger partial charge in [-0.3, -0.25) is 9.78 Å². The third-order valence-electron chi connectivity index (χ3n) is 3.54. The van der Waals surface area contributed by atoms with Gasteiger partial charge in [-0.25, -0.2) is 4.98 Å². The summed E-state index contributed by atoms with van der Waals surface area (Å²) < 4.78 is 0. The number of hydrogen-bond donors (Lipinski definition) is 1. The van der Waals surface area contributed by atoms with E-state index in [1.807, 2.05) is 18.2 Å². The van der Waals surface area contributed by atoms with Gasteiger partial charge in [0.2, 0.25) is 0 Å². The fraction of sp³-hybridized carbons (Fsp3) is 0.312. The highest BCUT2D eigenvalue weighted by Gasteiger charge is 2.26. The molecular formula is C16H18N4O. The molecule has 2 heterocycles. The summed E-state index contributed by atoms with van der Waals surface area (Å²) in [7, 11) is 0. The van der Waals surface area contributed by atoms with Crippen LogP contribution in [0.1, 0.15) is 29.4 Å². The largest absolute Gasteiger partial charge is 0.369 e. The molecule has 1 aliphatic heterocycles. The molecule has 2 aromatic rings. The van der Waals surface area contributed by atoms with Gasteiger partial charge in [-0.1, -0.05) is 25.1 Å². The van der Waals surface area contributed by atoms with Gasteiger partial charge in [0, 0.05) is 18.8 Å². The van der Waals surface area contributed by atoms with Crippen LogP contribution >= 0.6 is 0 Å². The second kappa shape index (κ2) is 5.91. The number of carbonyl (C=O) groups excluding carboxylic acids is 1.